The molecule has 18 heavy (non-hydrogen) atoms. The summed E-state index contributed by atoms with van der Waals surface area (Å²) in [4.78, 5) is 23.8. The van der Waals surface area contributed by atoms with E-state index in [1.807, 2.05) is 0 Å². The number of hydrogen-bond donors (Lipinski definition) is 0. The van der Waals surface area contributed by atoms with Crippen LogP contribution in [-0.2, 0) is 9.53 Å². The van der Waals surface area contributed by atoms with Crippen LogP contribution in [0.2, 0.25) is 5.02 Å². The fourth-order valence-corrected chi connectivity index (χ4v) is 1.49. The number of rotatable bonds is 3. The van der Waals surface area contributed by atoms with E-state index < -0.39 is 17.5 Å². The van der Waals surface area contributed by atoms with Gasteiger partial charge in [-0.3, -0.25) is 9.59 Å². The van der Waals surface area contributed by atoms with Gasteiger partial charge in [-0.2, -0.15) is 0 Å². The van der Waals surface area contributed by atoms with Gasteiger partial charge in [0.1, 0.15) is 11.5 Å². The van der Waals surface area contributed by atoms with Crippen molar-refractivity contribution < 1.29 is 14.3 Å². The average molecular weight is 269 g/mol. The summed E-state index contributed by atoms with van der Waals surface area (Å²) in [5, 5.41) is 0.552. The van der Waals surface area contributed by atoms with Gasteiger partial charge in [0.2, 0.25) is 0 Å². The third-order valence-corrected chi connectivity index (χ3v) is 2.53. The van der Waals surface area contributed by atoms with Crippen LogP contribution in [0, 0.1) is 5.92 Å². The average Bonchev–Trinajstić information content (AvgIpc) is 2.26. The molecule has 1 unspecified atom stereocenters. The summed E-state index contributed by atoms with van der Waals surface area (Å²) in [6.07, 6.45) is 0. The first-order valence-corrected chi connectivity index (χ1v) is 6.11. The summed E-state index contributed by atoms with van der Waals surface area (Å²) in [7, 11) is 0. The lowest BCUT2D eigenvalue weighted by molar-refractivity contribution is -0.157. The monoisotopic (exact) mass is 268 g/mol. The minimum atomic E-state index is -0.814. The number of carbonyl (C=O) groups is 2. The second-order valence-corrected chi connectivity index (χ2v) is 5.56. The number of benzene rings is 1. The van der Waals surface area contributed by atoms with Crippen molar-refractivity contribution in [1.29, 1.82) is 0 Å². The lowest BCUT2D eigenvalue weighted by Crippen LogP contribution is -2.31. The van der Waals surface area contributed by atoms with Crippen molar-refractivity contribution in [3.05, 3.63) is 34.9 Å². The summed E-state index contributed by atoms with van der Waals surface area (Å²) in [6, 6.07) is 6.45. The number of halogens is 1. The first-order chi connectivity index (χ1) is 8.20. The molecule has 0 radical (unpaired) electrons. The van der Waals surface area contributed by atoms with Crippen molar-refractivity contribution in [3.63, 3.8) is 0 Å². The molecule has 0 heterocycles. The van der Waals surface area contributed by atoms with E-state index in [0.717, 1.165) is 0 Å². The molecule has 0 aromatic heterocycles. The minimum absolute atomic E-state index is 0.263. The summed E-state index contributed by atoms with van der Waals surface area (Å²) < 4.78 is 5.18. The highest BCUT2D eigenvalue weighted by Gasteiger charge is 2.27. The van der Waals surface area contributed by atoms with Crippen LogP contribution >= 0.6 is 11.6 Å². The summed E-state index contributed by atoms with van der Waals surface area (Å²) in [6.45, 7) is 6.85. The third-order valence-electron chi connectivity index (χ3n) is 2.28. The molecule has 1 aromatic carbocycles. The number of esters is 1. The standard InChI is InChI=1S/C14H17ClO3/c1-9(13(17)18-14(2,3)4)12(16)10-5-7-11(15)8-6-10/h5-9H,1-4H3. The lowest BCUT2D eigenvalue weighted by Gasteiger charge is -2.21. The molecule has 1 rings (SSSR count). The van der Waals surface area contributed by atoms with Crippen LogP contribution in [0.3, 0.4) is 0 Å². The lowest BCUT2D eigenvalue weighted by atomic mass is 9.99. The Balaban J connectivity index is 2.78. The second kappa shape index (κ2) is 5.53. The van der Waals surface area contributed by atoms with Gasteiger partial charge in [0.25, 0.3) is 0 Å². The maximum atomic E-state index is 12.0. The fraction of sp³-hybridized carbons (Fsp3) is 0.429. The highest BCUT2D eigenvalue weighted by Crippen LogP contribution is 2.17. The Morgan fingerprint density at radius 1 is 1.17 bits per heavy atom. The molecule has 0 bridgehead atoms. The molecule has 1 atom stereocenters. The second-order valence-electron chi connectivity index (χ2n) is 5.13. The van der Waals surface area contributed by atoms with Crippen molar-refractivity contribution in [3.8, 4) is 0 Å². The van der Waals surface area contributed by atoms with Crippen molar-refractivity contribution in [2.75, 3.05) is 0 Å². The third kappa shape index (κ3) is 4.15. The maximum Gasteiger partial charge on any atom is 0.317 e. The van der Waals surface area contributed by atoms with Crippen LogP contribution in [0.5, 0.6) is 0 Å². The number of Topliss-reactive ketones (excluding diaryl/α,β-unsaturated/α-hetero) is 1. The van der Waals surface area contributed by atoms with Gasteiger partial charge in [-0.1, -0.05) is 11.6 Å². The molecule has 0 fully saturated rings. The Labute approximate surface area is 112 Å². The quantitative estimate of drug-likeness (QED) is 0.479. The van der Waals surface area contributed by atoms with E-state index in [1.54, 1.807) is 52.0 Å². The first-order valence-electron chi connectivity index (χ1n) is 5.73. The maximum absolute atomic E-state index is 12.0. The van der Waals surface area contributed by atoms with E-state index in [4.69, 9.17) is 16.3 Å². The van der Waals surface area contributed by atoms with Crippen LogP contribution in [-0.4, -0.2) is 17.4 Å². The molecular weight excluding hydrogens is 252 g/mol. The molecule has 0 amide bonds. The minimum Gasteiger partial charge on any atom is -0.459 e. The van der Waals surface area contributed by atoms with Gasteiger partial charge in [-0.25, -0.2) is 0 Å². The van der Waals surface area contributed by atoms with Crippen LogP contribution in [0.15, 0.2) is 24.3 Å². The molecule has 4 heteroatoms. The summed E-state index contributed by atoms with van der Waals surface area (Å²) in [5.41, 5.74) is -0.135. The number of ketones is 1. The van der Waals surface area contributed by atoms with Gasteiger partial charge >= 0.3 is 5.97 Å². The Morgan fingerprint density at radius 2 is 1.67 bits per heavy atom. The molecule has 0 saturated carbocycles. The van der Waals surface area contributed by atoms with Crippen molar-refractivity contribution in [2.24, 2.45) is 5.92 Å². The Kier molecular flexibility index (Phi) is 4.52. The zero-order chi connectivity index (χ0) is 13.9. The summed E-state index contributed by atoms with van der Waals surface area (Å²) in [5.74, 6) is -1.59. The van der Waals surface area contributed by atoms with Crippen molar-refractivity contribution >= 4 is 23.4 Å². The van der Waals surface area contributed by atoms with Crippen LogP contribution in [0.25, 0.3) is 0 Å². The summed E-state index contributed by atoms with van der Waals surface area (Å²) >= 11 is 5.74. The Hall–Kier alpha value is -1.35. The van der Waals surface area contributed by atoms with E-state index in [9.17, 15) is 9.59 Å². The van der Waals surface area contributed by atoms with E-state index in [0.29, 0.717) is 10.6 Å². The van der Waals surface area contributed by atoms with E-state index in [2.05, 4.69) is 0 Å². The molecule has 0 aliphatic heterocycles. The normalized spacial score (nSPS) is 12.9. The molecule has 1 aromatic rings. The van der Waals surface area contributed by atoms with Crippen LogP contribution in [0.4, 0.5) is 0 Å². The van der Waals surface area contributed by atoms with Gasteiger partial charge < -0.3 is 4.74 Å². The SMILES string of the molecule is CC(C(=O)OC(C)(C)C)C(=O)c1ccc(Cl)cc1. The zero-order valence-corrected chi connectivity index (χ0v) is 11.7. The van der Waals surface area contributed by atoms with E-state index >= 15 is 0 Å². The van der Waals surface area contributed by atoms with Gasteiger partial charge in [-0.05, 0) is 52.0 Å². The smallest absolute Gasteiger partial charge is 0.317 e. The van der Waals surface area contributed by atoms with Crippen LogP contribution in [0.1, 0.15) is 38.1 Å². The predicted octanol–water partition coefficient (Wildman–Crippen LogP) is 3.50. The Morgan fingerprint density at radius 3 is 2.11 bits per heavy atom. The largest absolute Gasteiger partial charge is 0.459 e. The predicted molar refractivity (Wildman–Crippen MR) is 70.8 cm³/mol. The zero-order valence-electron chi connectivity index (χ0n) is 11.0. The van der Waals surface area contributed by atoms with Crippen molar-refractivity contribution in [2.45, 2.75) is 33.3 Å². The van der Waals surface area contributed by atoms with Crippen molar-refractivity contribution in [1.82, 2.24) is 0 Å². The number of hydrogen-bond acceptors (Lipinski definition) is 3. The van der Waals surface area contributed by atoms with Gasteiger partial charge in [0, 0.05) is 10.6 Å². The molecule has 0 N–H and O–H groups in total. The molecule has 0 aliphatic rings. The molecule has 0 aliphatic carbocycles. The molecule has 0 spiro atoms. The first kappa shape index (κ1) is 14.7. The highest BCUT2D eigenvalue weighted by molar-refractivity contribution is 6.30. The Bertz CT molecular complexity index is 443. The topological polar surface area (TPSA) is 43.4 Å². The van der Waals surface area contributed by atoms with E-state index in [1.165, 1.54) is 0 Å². The van der Waals surface area contributed by atoms with Gasteiger partial charge in [-0.15, -0.1) is 0 Å². The van der Waals surface area contributed by atoms with Gasteiger partial charge in [0.15, 0.2) is 5.78 Å². The van der Waals surface area contributed by atoms with Crippen LogP contribution < -0.4 is 0 Å². The number of ether oxygens (including phenoxy) is 1. The molecule has 0 saturated heterocycles. The van der Waals surface area contributed by atoms with Gasteiger partial charge in [0.05, 0.1) is 0 Å². The molecular formula is C14H17ClO3. The molecule has 98 valence electrons. The highest BCUT2D eigenvalue weighted by atomic mass is 35.5. The fourth-order valence-electron chi connectivity index (χ4n) is 1.36. The number of carbonyl (C=O) groups excluding carboxylic acids is 2. The molecule has 3 nitrogen and oxygen atoms in total. The van der Waals surface area contributed by atoms with E-state index in [-0.39, 0.29) is 5.78 Å².